The lowest BCUT2D eigenvalue weighted by molar-refractivity contribution is -0.198. The standard InChI is InChI=1S/C11H24O4Si/c1-5-14-11(12-3)9-7-8-10-16(11,13-4)15-6-2/h5-10H2,1-4H3. The second kappa shape index (κ2) is 6.12. The zero-order chi connectivity index (χ0) is 12.1. The summed E-state index contributed by atoms with van der Waals surface area (Å²) in [6.45, 7) is 5.25. The van der Waals surface area contributed by atoms with Crippen LogP contribution in [0.5, 0.6) is 0 Å². The zero-order valence-corrected chi connectivity index (χ0v) is 11.9. The van der Waals surface area contributed by atoms with Crippen molar-refractivity contribution in [3.63, 3.8) is 0 Å². The summed E-state index contributed by atoms with van der Waals surface area (Å²) in [5.41, 5.74) is -0.620. The van der Waals surface area contributed by atoms with Crippen molar-refractivity contribution in [3.05, 3.63) is 0 Å². The number of hydrogen-bond acceptors (Lipinski definition) is 4. The molecule has 5 heteroatoms. The molecule has 4 nitrogen and oxygen atoms in total. The van der Waals surface area contributed by atoms with Gasteiger partial charge in [0.05, 0.1) is 0 Å². The predicted octanol–water partition coefficient (Wildman–Crippen LogP) is 2.21. The molecule has 1 saturated heterocycles. The van der Waals surface area contributed by atoms with Crippen molar-refractivity contribution < 1.29 is 18.3 Å². The molecule has 0 radical (unpaired) electrons. The Morgan fingerprint density at radius 3 is 2.38 bits per heavy atom. The summed E-state index contributed by atoms with van der Waals surface area (Å²) >= 11 is 0. The fourth-order valence-electron chi connectivity index (χ4n) is 2.56. The Morgan fingerprint density at radius 2 is 1.88 bits per heavy atom. The summed E-state index contributed by atoms with van der Waals surface area (Å²) in [6, 6.07) is 0.950. The summed E-state index contributed by atoms with van der Waals surface area (Å²) in [6.07, 6.45) is 3.12. The van der Waals surface area contributed by atoms with Crippen molar-refractivity contribution >= 4 is 8.56 Å². The Kier molecular flexibility index (Phi) is 5.40. The molecule has 1 rings (SSSR count). The normalized spacial score (nSPS) is 35.2. The Morgan fingerprint density at radius 1 is 1.12 bits per heavy atom. The van der Waals surface area contributed by atoms with Gasteiger partial charge in [-0.15, -0.1) is 0 Å². The molecular formula is C11H24O4Si. The first-order valence-corrected chi connectivity index (χ1v) is 8.11. The zero-order valence-electron chi connectivity index (χ0n) is 10.9. The van der Waals surface area contributed by atoms with E-state index in [9.17, 15) is 0 Å². The molecule has 2 unspecified atom stereocenters. The van der Waals surface area contributed by atoms with E-state index in [0.717, 1.165) is 25.3 Å². The molecule has 0 aliphatic carbocycles. The van der Waals surface area contributed by atoms with Crippen molar-refractivity contribution in [1.82, 2.24) is 0 Å². The molecule has 0 aromatic heterocycles. The van der Waals surface area contributed by atoms with Crippen LogP contribution in [0, 0.1) is 0 Å². The van der Waals surface area contributed by atoms with Crippen LogP contribution in [-0.4, -0.2) is 41.4 Å². The van der Waals surface area contributed by atoms with E-state index in [-0.39, 0.29) is 0 Å². The van der Waals surface area contributed by atoms with Crippen LogP contribution < -0.4 is 0 Å². The quantitative estimate of drug-likeness (QED) is 0.533. The largest absolute Gasteiger partial charge is 0.399 e. The Balaban J connectivity index is 2.96. The molecule has 0 saturated carbocycles. The van der Waals surface area contributed by atoms with Gasteiger partial charge in [-0.2, -0.15) is 0 Å². The second-order valence-corrected chi connectivity index (χ2v) is 7.45. The minimum Gasteiger partial charge on any atom is -0.395 e. The first-order chi connectivity index (χ1) is 7.70. The van der Waals surface area contributed by atoms with E-state index < -0.39 is 14.0 Å². The molecule has 0 amide bonds. The van der Waals surface area contributed by atoms with Crippen molar-refractivity contribution in [2.45, 2.75) is 44.6 Å². The smallest absolute Gasteiger partial charge is 0.395 e. The first kappa shape index (κ1) is 14.1. The van der Waals surface area contributed by atoms with Crippen LogP contribution in [0.25, 0.3) is 0 Å². The van der Waals surface area contributed by atoms with Gasteiger partial charge in [0.15, 0.2) is 0 Å². The Labute approximate surface area is 99.5 Å². The van der Waals surface area contributed by atoms with E-state index in [4.69, 9.17) is 18.3 Å². The maximum absolute atomic E-state index is 5.95. The Hall–Kier alpha value is 0.0569. The van der Waals surface area contributed by atoms with Gasteiger partial charge in [-0.3, -0.25) is 0 Å². The monoisotopic (exact) mass is 248 g/mol. The molecule has 96 valence electrons. The molecule has 0 spiro atoms. The van der Waals surface area contributed by atoms with E-state index in [1.54, 1.807) is 14.2 Å². The van der Waals surface area contributed by atoms with Crippen LogP contribution in [0.1, 0.15) is 33.1 Å². The lowest BCUT2D eigenvalue weighted by Gasteiger charge is -2.47. The number of ether oxygens (including phenoxy) is 2. The maximum Gasteiger partial charge on any atom is 0.399 e. The summed E-state index contributed by atoms with van der Waals surface area (Å²) < 4.78 is 23.2. The van der Waals surface area contributed by atoms with E-state index >= 15 is 0 Å². The van der Waals surface area contributed by atoms with Crippen LogP contribution in [0.3, 0.4) is 0 Å². The molecule has 16 heavy (non-hydrogen) atoms. The summed E-state index contributed by atoms with van der Waals surface area (Å²) in [4.78, 5) is 0. The van der Waals surface area contributed by atoms with Gasteiger partial charge in [0.1, 0.15) is 0 Å². The van der Waals surface area contributed by atoms with Crippen LogP contribution in [0.2, 0.25) is 6.04 Å². The van der Waals surface area contributed by atoms with E-state index in [0.29, 0.717) is 13.2 Å². The van der Waals surface area contributed by atoms with Crippen LogP contribution >= 0.6 is 0 Å². The van der Waals surface area contributed by atoms with E-state index in [1.807, 2.05) is 13.8 Å². The Bertz CT molecular complexity index is 184. The molecule has 1 aliphatic heterocycles. The average Bonchev–Trinajstić information content (AvgIpc) is 2.32. The van der Waals surface area contributed by atoms with Gasteiger partial charge in [-0.25, -0.2) is 0 Å². The fraction of sp³-hybridized carbons (Fsp3) is 1.00. The summed E-state index contributed by atoms with van der Waals surface area (Å²) in [5.74, 6) is 0. The number of rotatable bonds is 6. The minimum atomic E-state index is -2.40. The van der Waals surface area contributed by atoms with Gasteiger partial charge in [-0.05, 0) is 26.3 Å². The lowest BCUT2D eigenvalue weighted by Crippen LogP contribution is -2.66. The fourth-order valence-corrected chi connectivity index (χ4v) is 6.35. The highest BCUT2D eigenvalue weighted by molar-refractivity contribution is 6.70. The van der Waals surface area contributed by atoms with Crippen LogP contribution in [0.4, 0.5) is 0 Å². The SMILES string of the molecule is CCOC1(OC)CCCC[Si]1(OC)OCC. The maximum atomic E-state index is 5.95. The molecule has 1 aliphatic rings. The van der Waals surface area contributed by atoms with Gasteiger partial charge < -0.3 is 18.3 Å². The average molecular weight is 248 g/mol. The molecule has 1 heterocycles. The summed E-state index contributed by atoms with van der Waals surface area (Å²) in [5, 5.41) is 0. The van der Waals surface area contributed by atoms with Gasteiger partial charge in [-0.1, -0.05) is 6.42 Å². The van der Waals surface area contributed by atoms with Crippen molar-refractivity contribution in [2.24, 2.45) is 0 Å². The summed E-state index contributed by atoms with van der Waals surface area (Å²) in [7, 11) is 1.02. The molecule has 2 atom stereocenters. The lowest BCUT2D eigenvalue weighted by atomic mass is 10.2. The molecule has 0 aromatic rings. The molecule has 1 fully saturated rings. The predicted molar refractivity (Wildman–Crippen MR) is 64.4 cm³/mol. The van der Waals surface area contributed by atoms with E-state index in [1.165, 1.54) is 0 Å². The highest BCUT2D eigenvalue weighted by Gasteiger charge is 2.60. The molecule has 0 bridgehead atoms. The third-order valence-corrected chi connectivity index (χ3v) is 7.44. The van der Waals surface area contributed by atoms with Gasteiger partial charge >= 0.3 is 8.56 Å². The molecule has 0 N–H and O–H groups in total. The topological polar surface area (TPSA) is 36.9 Å². The third-order valence-electron chi connectivity index (χ3n) is 3.26. The number of methoxy groups -OCH3 is 1. The van der Waals surface area contributed by atoms with E-state index in [2.05, 4.69) is 0 Å². The second-order valence-electron chi connectivity index (χ2n) is 3.99. The van der Waals surface area contributed by atoms with Crippen molar-refractivity contribution in [3.8, 4) is 0 Å². The molecule has 0 aromatic carbocycles. The van der Waals surface area contributed by atoms with Gasteiger partial charge in [0.2, 0.25) is 5.41 Å². The highest BCUT2D eigenvalue weighted by atomic mass is 28.4. The first-order valence-electron chi connectivity index (χ1n) is 6.08. The molecular weight excluding hydrogens is 224 g/mol. The number of hydrogen-bond donors (Lipinski definition) is 0. The van der Waals surface area contributed by atoms with Crippen LogP contribution in [-0.2, 0) is 18.3 Å². The highest BCUT2D eigenvalue weighted by Crippen LogP contribution is 2.40. The van der Waals surface area contributed by atoms with Crippen molar-refractivity contribution in [1.29, 1.82) is 0 Å². The minimum absolute atomic E-state index is 0.620. The van der Waals surface area contributed by atoms with Gasteiger partial charge in [0, 0.05) is 33.9 Å². The van der Waals surface area contributed by atoms with Gasteiger partial charge in [0.25, 0.3) is 0 Å². The third kappa shape index (κ3) is 2.33. The van der Waals surface area contributed by atoms with Crippen LogP contribution in [0.15, 0.2) is 0 Å². The van der Waals surface area contributed by atoms with Crippen molar-refractivity contribution in [2.75, 3.05) is 27.4 Å².